The topological polar surface area (TPSA) is 96.9 Å². The third kappa shape index (κ3) is 5.04. The molecule has 3 amide bonds. The van der Waals surface area contributed by atoms with Crippen LogP contribution in [-0.2, 0) is 14.3 Å². The van der Waals surface area contributed by atoms with Gasteiger partial charge in [0.2, 0.25) is 0 Å². The number of aryl methyl sites for hydroxylation is 1. The van der Waals surface area contributed by atoms with Crippen molar-refractivity contribution in [1.82, 2.24) is 9.88 Å². The molecule has 9 heteroatoms. The van der Waals surface area contributed by atoms with Crippen LogP contribution in [0.1, 0.15) is 78.1 Å². The van der Waals surface area contributed by atoms with E-state index in [4.69, 9.17) is 4.74 Å². The minimum Gasteiger partial charge on any atom is -0.453 e. The summed E-state index contributed by atoms with van der Waals surface area (Å²) in [6.45, 7) is 3.56. The second kappa shape index (κ2) is 10.5. The maximum absolute atomic E-state index is 13.2. The molecule has 1 aromatic heterocycles. The molecule has 0 spiro atoms. The summed E-state index contributed by atoms with van der Waals surface area (Å²) < 4.78 is 5.44. The van der Waals surface area contributed by atoms with Gasteiger partial charge in [-0.3, -0.25) is 29.0 Å². The molecular formula is C25H29N3O5S. The van der Waals surface area contributed by atoms with Crippen molar-refractivity contribution in [3.05, 3.63) is 46.5 Å². The lowest BCUT2D eigenvalue weighted by atomic mass is 9.94. The standard InChI is InChI=1S/C25H29N3O5S/c1-16-10-11-19-20(15-16)24(32)27(23(19)31)13-6-9-21(29)33-17(2)22(30)28(25-26-12-14-34-25)18-7-4-3-5-8-18/h10-12,14-15,17-18H,3-9,13H2,1-2H3. The maximum Gasteiger partial charge on any atom is 0.306 e. The third-order valence-electron chi connectivity index (χ3n) is 6.35. The van der Waals surface area contributed by atoms with E-state index in [1.165, 1.54) is 16.2 Å². The van der Waals surface area contributed by atoms with Gasteiger partial charge in [-0.2, -0.15) is 0 Å². The molecule has 0 radical (unpaired) electrons. The Kier molecular flexibility index (Phi) is 7.41. The molecular weight excluding hydrogens is 454 g/mol. The Morgan fingerprint density at radius 1 is 1.18 bits per heavy atom. The monoisotopic (exact) mass is 483 g/mol. The van der Waals surface area contributed by atoms with Crippen LogP contribution in [0.2, 0.25) is 0 Å². The quantitative estimate of drug-likeness (QED) is 0.414. The Balaban J connectivity index is 1.31. The number of carbonyl (C=O) groups is 4. The summed E-state index contributed by atoms with van der Waals surface area (Å²) in [7, 11) is 0. The highest BCUT2D eigenvalue weighted by atomic mass is 32.1. The van der Waals surface area contributed by atoms with Crippen molar-refractivity contribution in [2.24, 2.45) is 0 Å². The van der Waals surface area contributed by atoms with Crippen molar-refractivity contribution in [3.63, 3.8) is 0 Å². The molecule has 8 nitrogen and oxygen atoms in total. The van der Waals surface area contributed by atoms with Gasteiger partial charge in [0, 0.05) is 30.6 Å². The Hall–Kier alpha value is -3.07. The van der Waals surface area contributed by atoms with Gasteiger partial charge in [0.25, 0.3) is 17.7 Å². The van der Waals surface area contributed by atoms with Crippen molar-refractivity contribution in [2.45, 2.75) is 70.9 Å². The Morgan fingerprint density at radius 3 is 2.62 bits per heavy atom. The summed E-state index contributed by atoms with van der Waals surface area (Å²) in [5.41, 5.74) is 1.70. The minimum absolute atomic E-state index is 0.00470. The Labute approximate surface area is 202 Å². The van der Waals surface area contributed by atoms with Crippen LogP contribution in [0.15, 0.2) is 29.8 Å². The van der Waals surface area contributed by atoms with E-state index in [1.807, 2.05) is 12.3 Å². The molecule has 2 heterocycles. The second-order valence-corrected chi connectivity index (χ2v) is 9.73. The number of thiazole rings is 1. The van der Waals surface area contributed by atoms with Crippen LogP contribution < -0.4 is 4.90 Å². The van der Waals surface area contributed by atoms with E-state index in [0.717, 1.165) is 37.7 Å². The number of hydrogen-bond donors (Lipinski definition) is 0. The molecule has 4 rings (SSSR count). The molecule has 2 aliphatic rings. The number of ether oxygens (including phenoxy) is 1. The van der Waals surface area contributed by atoms with Crippen LogP contribution in [0, 0.1) is 6.92 Å². The number of imide groups is 1. The van der Waals surface area contributed by atoms with E-state index in [0.29, 0.717) is 16.3 Å². The van der Waals surface area contributed by atoms with E-state index in [9.17, 15) is 19.2 Å². The molecule has 1 aliphatic carbocycles. The van der Waals surface area contributed by atoms with Crippen LogP contribution in [0.4, 0.5) is 5.13 Å². The fourth-order valence-corrected chi connectivity index (χ4v) is 5.31. The number of fused-ring (bicyclic) bond motifs is 1. The number of amides is 3. The first-order chi connectivity index (χ1) is 16.4. The molecule has 1 aliphatic heterocycles. The minimum atomic E-state index is -0.944. The van der Waals surface area contributed by atoms with E-state index in [-0.39, 0.29) is 43.1 Å². The first kappa shape index (κ1) is 24.1. The van der Waals surface area contributed by atoms with Crippen LogP contribution in [-0.4, -0.2) is 52.3 Å². The Morgan fingerprint density at radius 2 is 1.91 bits per heavy atom. The van der Waals surface area contributed by atoms with Crippen molar-refractivity contribution in [1.29, 1.82) is 0 Å². The summed E-state index contributed by atoms with van der Waals surface area (Å²) in [5, 5.41) is 2.45. The van der Waals surface area contributed by atoms with Gasteiger partial charge >= 0.3 is 5.97 Å². The average molecular weight is 484 g/mol. The van der Waals surface area contributed by atoms with E-state index < -0.39 is 12.1 Å². The van der Waals surface area contributed by atoms with Crippen molar-refractivity contribution in [3.8, 4) is 0 Å². The van der Waals surface area contributed by atoms with Crippen LogP contribution in [0.25, 0.3) is 0 Å². The lowest BCUT2D eigenvalue weighted by Gasteiger charge is -2.33. The number of nitrogens with zero attached hydrogens (tertiary/aromatic N) is 3. The smallest absolute Gasteiger partial charge is 0.306 e. The third-order valence-corrected chi connectivity index (χ3v) is 7.12. The van der Waals surface area contributed by atoms with Gasteiger partial charge in [-0.05, 0) is 45.2 Å². The molecule has 0 saturated heterocycles. The highest BCUT2D eigenvalue weighted by molar-refractivity contribution is 7.13. The number of benzene rings is 1. The summed E-state index contributed by atoms with van der Waals surface area (Å²) >= 11 is 1.40. The van der Waals surface area contributed by atoms with Gasteiger partial charge in [-0.25, -0.2) is 4.98 Å². The molecule has 1 atom stereocenters. The molecule has 0 bridgehead atoms. The number of esters is 1. The molecule has 1 saturated carbocycles. The number of aromatic nitrogens is 1. The molecule has 34 heavy (non-hydrogen) atoms. The fraction of sp³-hybridized carbons (Fsp3) is 0.480. The van der Waals surface area contributed by atoms with Crippen LogP contribution in [0.5, 0.6) is 0 Å². The molecule has 2 aromatic rings. The van der Waals surface area contributed by atoms with Gasteiger partial charge in [0.1, 0.15) is 0 Å². The van der Waals surface area contributed by atoms with Crippen LogP contribution >= 0.6 is 11.3 Å². The first-order valence-electron chi connectivity index (χ1n) is 11.8. The van der Waals surface area contributed by atoms with Gasteiger partial charge in [-0.15, -0.1) is 11.3 Å². The zero-order valence-corrected chi connectivity index (χ0v) is 20.3. The molecule has 180 valence electrons. The lowest BCUT2D eigenvalue weighted by Crippen LogP contribution is -2.47. The highest BCUT2D eigenvalue weighted by Crippen LogP contribution is 2.30. The molecule has 1 aromatic carbocycles. The number of hydrogen-bond acceptors (Lipinski definition) is 7. The van der Waals surface area contributed by atoms with Crippen molar-refractivity contribution >= 4 is 40.2 Å². The van der Waals surface area contributed by atoms with E-state index in [1.54, 1.807) is 36.2 Å². The largest absolute Gasteiger partial charge is 0.453 e. The van der Waals surface area contributed by atoms with E-state index >= 15 is 0 Å². The van der Waals surface area contributed by atoms with Gasteiger partial charge in [-0.1, -0.05) is 30.9 Å². The zero-order chi connectivity index (χ0) is 24.2. The molecule has 0 N–H and O–H groups in total. The van der Waals surface area contributed by atoms with Crippen LogP contribution in [0.3, 0.4) is 0 Å². The summed E-state index contributed by atoms with van der Waals surface area (Å²) in [6, 6.07) is 5.22. The average Bonchev–Trinajstić information content (AvgIpc) is 3.43. The normalized spacial score (nSPS) is 16.9. The Bertz CT molecular complexity index is 1080. The maximum atomic E-state index is 13.2. The number of rotatable bonds is 8. The SMILES string of the molecule is Cc1ccc2c(c1)C(=O)N(CCCC(=O)OC(C)C(=O)N(c1nccs1)C1CCCCC1)C2=O. The summed E-state index contributed by atoms with van der Waals surface area (Å²) in [5.74, 6) is -1.49. The predicted molar refractivity (Wildman–Crippen MR) is 128 cm³/mol. The number of anilines is 1. The fourth-order valence-electron chi connectivity index (χ4n) is 4.60. The second-order valence-electron chi connectivity index (χ2n) is 8.86. The van der Waals surface area contributed by atoms with Crippen molar-refractivity contribution < 1.29 is 23.9 Å². The lowest BCUT2D eigenvalue weighted by molar-refractivity contribution is -0.154. The zero-order valence-electron chi connectivity index (χ0n) is 19.5. The molecule has 1 fully saturated rings. The highest BCUT2D eigenvalue weighted by Gasteiger charge is 2.36. The number of carbonyl (C=O) groups excluding carboxylic acids is 4. The first-order valence-corrected chi connectivity index (χ1v) is 12.6. The van der Waals surface area contributed by atoms with Gasteiger partial charge in [0.05, 0.1) is 11.1 Å². The summed E-state index contributed by atoms with van der Waals surface area (Å²) in [4.78, 5) is 58.0. The van der Waals surface area contributed by atoms with Crippen molar-refractivity contribution in [2.75, 3.05) is 11.4 Å². The predicted octanol–water partition coefficient (Wildman–Crippen LogP) is 4.13. The van der Waals surface area contributed by atoms with Gasteiger partial charge < -0.3 is 4.74 Å². The molecule has 1 unspecified atom stereocenters. The van der Waals surface area contributed by atoms with Gasteiger partial charge in [0.15, 0.2) is 11.2 Å². The van der Waals surface area contributed by atoms with E-state index in [2.05, 4.69) is 4.98 Å². The summed E-state index contributed by atoms with van der Waals surface area (Å²) in [6.07, 6.45) is 6.09.